The van der Waals surface area contributed by atoms with Gasteiger partial charge >= 0.3 is 0 Å². The van der Waals surface area contributed by atoms with Gasteiger partial charge in [0, 0.05) is 12.1 Å². The van der Waals surface area contributed by atoms with Crippen molar-refractivity contribution >= 4 is 23.0 Å². The van der Waals surface area contributed by atoms with Gasteiger partial charge in [-0.2, -0.15) is 0 Å². The molecule has 2 aromatic rings. The number of hydrogen-bond acceptors (Lipinski definition) is 3. The van der Waals surface area contributed by atoms with Crippen LogP contribution in [0.1, 0.15) is 23.6 Å². The van der Waals surface area contributed by atoms with E-state index in [1.54, 1.807) is 6.07 Å². The Balaban J connectivity index is 1.91. The smallest absolute Gasteiger partial charge is 0.271 e. The van der Waals surface area contributed by atoms with Crippen molar-refractivity contribution in [2.75, 3.05) is 5.32 Å². The van der Waals surface area contributed by atoms with Gasteiger partial charge in [-0.15, -0.1) is 0 Å². The molecule has 0 amide bonds. The summed E-state index contributed by atoms with van der Waals surface area (Å²) >= 11 is 6.08. The summed E-state index contributed by atoms with van der Waals surface area (Å²) < 4.78 is 13.7. The lowest BCUT2D eigenvalue weighted by atomic mass is 10.1. The van der Waals surface area contributed by atoms with Crippen LogP contribution in [0.5, 0.6) is 0 Å². The minimum atomic E-state index is -0.468. The van der Waals surface area contributed by atoms with Crippen molar-refractivity contribution in [3.8, 4) is 0 Å². The van der Waals surface area contributed by atoms with Gasteiger partial charge in [-0.1, -0.05) is 23.7 Å². The highest BCUT2D eigenvalue weighted by Gasteiger charge is 2.25. The Kier molecular flexibility index (Phi) is 3.51. The zero-order valence-corrected chi connectivity index (χ0v) is 11.7. The van der Waals surface area contributed by atoms with E-state index in [0.717, 1.165) is 12.0 Å². The van der Waals surface area contributed by atoms with Crippen molar-refractivity contribution in [3.05, 3.63) is 68.5 Å². The largest absolute Gasteiger partial charge is 0.377 e. The van der Waals surface area contributed by atoms with Crippen molar-refractivity contribution in [1.29, 1.82) is 0 Å². The van der Waals surface area contributed by atoms with Crippen molar-refractivity contribution < 1.29 is 9.31 Å². The van der Waals surface area contributed by atoms with E-state index in [1.165, 1.54) is 24.3 Å². The lowest BCUT2D eigenvalue weighted by molar-refractivity contribution is -0.384. The van der Waals surface area contributed by atoms with Crippen LogP contribution >= 0.6 is 11.6 Å². The van der Waals surface area contributed by atoms with Crippen LogP contribution in [0.25, 0.3) is 0 Å². The fraction of sp³-hybridized carbons (Fsp3) is 0.200. The number of anilines is 1. The standard InChI is InChI=1S/C15H12ClFN2O2/c16-12-6-4-9(19(20)21)8-15(12)18-14-7-5-10-11(14)2-1-3-13(10)17/h1-4,6,8,14,18H,5,7H2. The number of hydrogen-bond donors (Lipinski definition) is 1. The van der Waals surface area contributed by atoms with E-state index in [2.05, 4.69) is 5.32 Å². The molecule has 108 valence electrons. The predicted molar refractivity (Wildman–Crippen MR) is 79.2 cm³/mol. The number of nitro groups is 1. The molecule has 1 unspecified atom stereocenters. The Morgan fingerprint density at radius 2 is 2.14 bits per heavy atom. The molecule has 0 fully saturated rings. The second-order valence-electron chi connectivity index (χ2n) is 4.96. The van der Waals surface area contributed by atoms with Gasteiger partial charge in [-0.3, -0.25) is 10.1 Å². The second kappa shape index (κ2) is 5.33. The fourth-order valence-corrected chi connectivity index (χ4v) is 2.86. The van der Waals surface area contributed by atoms with Crippen LogP contribution in [0.2, 0.25) is 5.02 Å². The van der Waals surface area contributed by atoms with E-state index < -0.39 is 4.92 Å². The lowest BCUT2D eigenvalue weighted by Crippen LogP contribution is -2.08. The third kappa shape index (κ3) is 2.56. The van der Waals surface area contributed by atoms with Crippen molar-refractivity contribution in [3.63, 3.8) is 0 Å². The number of fused-ring (bicyclic) bond motifs is 1. The molecule has 6 heteroatoms. The third-order valence-corrected chi connectivity index (χ3v) is 4.03. The molecule has 1 N–H and O–H groups in total. The topological polar surface area (TPSA) is 55.2 Å². The first kappa shape index (κ1) is 13.8. The summed E-state index contributed by atoms with van der Waals surface area (Å²) in [5, 5.41) is 14.4. The average molecular weight is 307 g/mol. The predicted octanol–water partition coefficient (Wildman–Crippen LogP) is 4.49. The molecule has 0 heterocycles. The molecule has 0 saturated heterocycles. The van der Waals surface area contributed by atoms with Crippen LogP contribution in [0.3, 0.4) is 0 Å². The van der Waals surface area contributed by atoms with E-state index in [0.29, 0.717) is 22.7 Å². The molecule has 4 nitrogen and oxygen atoms in total. The number of non-ortho nitro benzene ring substituents is 1. The molecule has 0 aromatic heterocycles. The molecule has 1 aliphatic rings. The monoisotopic (exact) mass is 306 g/mol. The minimum absolute atomic E-state index is 0.0284. The first-order chi connectivity index (χ1) is 10.1. The number of nitrogens with zero attached hydrogens (tertiary/aromatic N) is 1. The van der Waals surface area contributed by atoms with Crippen LogP contribution in [0.4, 0.5) is 15.8 Å². The first-order valence-corrected chi connectivity index (χ1v) is 6.92. The summed E-state index contributed by atoms with van der Waals surface area (Å²) in [5.41, 5.74) is 2.06. The van der Waals surface area contributed by atoms with E-state index in [1.807, 2.05) is 6.07 Å². The maximum atomic E-state index is 13.7. The van der Waals surface area contributed by atoms with E-state index >= 15 is 0 Å². The molecule has 0 aliphatic heterocycles. The average Bonchev–Trinajstić information content (AvgIpc) is 2.86. The number of nitrogens with one attached hydrogen (secondary N) is 1. The Hall–Kier alpha value is -2.14. The molecular formula is C15H12ClFN2O2. The molecule has 1 atom stereocenters. The summed E-state index contributed by atoms with van der Waals surface area (Å²) in [4.78, 5) is 10.4. The Morgan fingerprint density at radius 3 is 2.90 bits per heavy atom. The molecule has 0 radical (unpaired) electrons. The van der Waals surface area contributed by atoms with Gasteiger partial charge in [0.25, 0.3) is 5.69 Å². The summed E-state index contributed by atoms with van der Waals surface area (Å²) in [6, 6.07) is 9.15. The Bertz CT molecular complexity index is 721. The SMILES string of the molecule is O=[N+]([O-])c1ccc(Cl)c(NC2CCc3c(F)cccc32)c1. The molecule has 2 aromatic carbocycles. The van der Waals surface area contributed by atoms with Crippen molar-refractivity contribution in [2.24, 2.45) is 0 Å². The zero-order valence-electron chi connectivity index (χ0n) is 11.0. The molecule has 1 aliphatic carbocycles. The summed E-state index contributed by atoms with van der Waals surface area (Å²) in [6.45, 7) is 0. The Morgan fingerprint density at radius 1 is 1.33 bits per heavy atom. The van der Waals surface area contributed by atoms with Crippen LogP contribution < -0.4 is 5.32 Å². The highest BCUT2D eigenvalue weighted by molar-refractivity contribution is 6.33. The third-order valence-electron chi connectivity index (χ3n) is 3.70. The Labute approximate surface area is 125 Å². The van der Waals surface area contributed by atoms with E-state index in [-0.39, 0.29) is 17.5 Å². The minimum Gasteiger partial charge on any atom is -0.377 e. The number of halogens is 2. The molecule has 0 bridgehead atoms. The molecule has 21 heavy (non-hydrogen) atoms. The number of rotatable bonds is 3. The fourth-order valence-electron chi connectivity index (χ4n) is 2.68. The molecular weight excluding hydrogens is 295 g/mol. The van der Waals surface area contributed by atoms with Crippen molar-refractivity contribution in [2.45, 2.75) is 18.9 Å². The highest BCUT2D eigenvalue weighted by atomic mass is 35.5. The number of nitro benzene ring substituents is 1. The van der Waals surface area contributed by atoms with Gasteiger partial charge in [0.05, 0.1) is 21.7 Å². The van der Waals surface area contributed by atoms with Crippen LogP contribution in [0, 0.1) is 15.9 Å². The summed E-state index contributed by atoms with van der Waals surface area (Å²) in [5.74, 6) is -0.207. The molecule has 0 saturated carbocycles. The summed E-state index contributed by atoms with van der Waals surface area (Å²) in [7, 11) is 0. The van der Waals surface area contributed by atoms with Crippen molar-refractivity contribution in [1.82, 2.24) is 0 Å². The van der Waals surface area contributed by atoms with Gasteiger partial charge in [-0.25, -0.2) is 4.39 Å². The molecule has 0 spiro atoms. The normalized spacial score (nSPS) is 16.6. The van der Waals surface area contributed by atoms with Gasteiger partial charge < -0.3 is 5.32 Å². The van der Waals surface area contributed by atoms with Gasteiger partial charge in [-0.05, 0) is 36.1 Å². The maximum Gasteiger partial charge on any atom is 0.271 e. The first-order valence-electron chi connectivity index (χ1n) is 6.54. The summed E-state index contributed by atoms with van der Waals surface area (Å²) in [6.07, 6.45) is 1.38. The van der Waals surface area contributed by atoms with Gasteiger partial charge in [0.15, 0.2) is 0 Å². The molecule has 3 rings (SSSR count). The van der Waals surface area contributed by atoms with Gasteiger partial charge in [0.1, 0.15) is 5.82 Å². The quantitative estimate of drug-likeness (QED) is 0.671. The highest BCUT2D eigenvalue weighted by Crippen LogP contribution is 2.37. The zero-order chi connectivity index (χ0) is 15.0. The van der Waals surface area contributed by atoms with Crippen LogP contribution in [-0.4, -0.2) is 4.92 Å². The second-order valence-corrected chi connectivity index (χ2v) is 5.37. The van der Waals surface area contributed by atoms with E-state index in [9.17, 15) is 14.5 Å². The van der Waals surface area contributed by atoms with Crippen LogP contribution in [0.15, 0.2) is 36.4 Å². The van der Waals surface area contributed by atoms with Crippen LogP contribution in [-0.2, 0) is 6.42 Å². The van der Waals surface area contributed by atoms with E-state index in [4.69, 9.17) is 11.6 Å². The van der Waals surface area contributed by atoms with Gasteiger partial charge in [0.2, 0.25) is 0 Å². The lowest BCUT2D eigenvalue weighted by Gasteiger charge is -2.16. The maximum absolute atomic E-state index is 13.7. The number of benzene rings is 2.